The maximum Gasteiger partial charge on any atom is 0.389 e. The highest BCUT2D eigenvalue weighted by Crippen LogP contribution is 2.34. The van der Waals surface area contributed by atoms with Crippen LogP contribution in [-0.2, 0) is 4.79 Å². The standard InChI is InChI=1S/C15H23F3N2O3/c16-15(17,18)8-10-4-1-2-6-12(10)19-14(23)20-7-3-5-11(9-20)13(21)22/h10-12H,1-9H2,(H,19,23)(H,21,22)/t10-,11?,12-/m0/s1. The van der Waals surface area contributed by atoms with Crippen molar-refractivity contribution in [2.24, 2.45) is 11.8 Å². The van der Waals surface area contributed by atoms with Crippen LogP contribution in [0.25, 0.3) is 0 Å². The zero-order valence-electron chi connectivity index (χ0n) is 12.9. The van der Waals surface area contributed by atoms with Crippen molar-refractivity contribution in [3.63, 3.8) is 0 Å². The van der Waals surface area contributed by atoms with E-state index in [0.717, 1.165) is 12.8 Å². The van der Waals surface area contributed by atoms with Crippen LogP contribution in [0.2, 0.25) is 0 Å². The Bertz CT molecular complexity index is 442. The highest BCUT2D eigenvalue weighted by atomic mass is 19.4. The third-order valence-corrected chi connectivity index (χ3v) is 4.77. The monoisotopic (exact) mass is 336 g/mol. The van der Waals surface area contributed by atoms with E-state index in [1.54, 1.807) is 0 Å². The minimum atomic E-state index is -4.23. The highest BCUT2D eigenvalue weighted by molar-refractivity contribution is 5.76. The number of nitrogens with zero attached hydrogens (tertiary/aromatic N) is 1. The summed E-state index contributed by atoms with van der Waals surface area (Å²) in [5.41, 5.74) is 0. The number of alkyl halides is 3. The summed E-state index contributed by atoms with van der Waals surface area (Å²) in [7, 11) is 0. The Hall–Kier alpha value is -1.47. The Balaban J connectivity index is 1.93. The van der Waals surface area contributed by atoms with Gasteiger partial charge in [-0.2, -0.15) is 13.2 Å². The average molecular weight is 336 g/mol. The van der Waals surface area contributed by atoms with Gasteiger partial charge in [0.2, 0.25) is 0 Å². The number of amides is 2. The molecule has 1 saturated carbocycles. The molecular formula is C15H23F3N2O3. The van der Waals surface area contributed by atoms with Gasteiger partial charge in [-0.3, -0.25) is 4.79 Å². The van der Waals surface area contributed by atoms with Gasteiger partial charge < -0.3 is 15.3 Å². The molecule has 23 heavy (non-hydrogen) atoms. The fourth-order valence-electron chi connectivity index (χ4n) is 3.55. The molecule has 8 heteroatoms. The van der Waals surface area contributed by atoms with Crippen molar-refractivity contribution in [3.8, 4) is 0 Å². The van der Waals surface area contributed by atoms with Crippen LogP contribution in [0, 0.1) is 11.8 Å². The second kappa shape index (κ2) is 7.40. The molecule has 0 radical (unpaired) electrons. The van der Waals surface area contributed by atoms with Crippen molar-refractivity contribution in [2.75, 3.05) is 13.1 Å². The molecular weight excluding hydrogens is 313 g/mol. The number of carbonyl (C=O) groups excluding carboxylic acids is 1. The first-order valence-electron chi connectivity index (χ1n) is 8.11. The van der Waals surface area contributed by atoms with E-state index in [2.05, 4.69) is 5.32 Å². The van der Waals surface area contributed by atoms with Gasteiger partial charge in [0.1, 0.15) is 0 Å². The molecule has 2 N–H and O–H groups in total. The fraction of sp³-hybridized carbons (Fsp3) is 0.867. The Kier molecular flexibility index (Phi) is 5.75. The molecule has 1 saturated heterocycles. The van der Waals surface area contributed by atoms with Gasteiger partial charge in [-0.15, -0.1) is 0 Å². The molecule has 1 unspecified atom stereocenters. The van der Waals surface area contributed by atoms with Crippen LogP contribution >= 0.6 is 0 Å². The Morgan fingerprint density at radius 2 is 1.83 bits per heavy atom. The summed E-state index contributed by atoms with van der Waals surface area (Å²) in [4.78, 5) is 24.7. The maximum absolute atomic E-state index is 12.7. The van der Waals surface area contributed by atoms with Gasteiger partial charge in [-0.05, 0) is 31.6 Å². The molecule has 0 aromatic carbocycles. The lowest BCUT2D eigenvalue weighted by atomic mass is 9.82. The quantitative estimate of drug-likeness (QED) is 0.832. The first kappa shape index (κ1) is 17.9. The molecule has 0 spiro atoms. The SMILES string of the molecule is O=C(O)C1CCCN(C(=O)N[C@H]2CCCC[C@H]2CC(F)(F)F)C1. The smallest absolute Gasteiger partial charge is 0.389 e. The number of nitrogens with one attached hydrogen (secondary N) is 1. The summed E-state index contributed by atoms with van der Waals surface area (Å²) in [6, 6.07) is -0.918. The van der Waals surface area contributed by atoms with E-state index < -0.39 is 42.5 Å². The summed E-state index contributed by atoms with van der Waals surface area (Å²) in [6.07, 6.45) is -1.43. The number of piperidine rings is 1. The van der Waals surface area contributed by atoms with Gasteiger partial charge in [-0.25, -0.2) is 4.79 Å². The van der Waals surface area contributed by atoms with Gasteiger partial charge in [0.05, 0.1) is 5.92 Å². The van der Waals surface area contributed by atoms with Crippen LogP contribution in [0.15, 0.2) is 0 Å². The van der Waals surface area contributed by atoms with Crippen LogP contribution in [0.3, 0.4) is 0 Å². The third-order valence-electron chi connectivity index (χ3n) is 4.77. The Morgan fingerprint density at radius 3 is 2.48 bits per heavy atom. The maximum atomic E-state index is 12.7. The normalized spacial score (nSPS) is 29.2. The van der Waals surface area contributed by atoms with E-state index >= 15 is 0 Å². The fourth-order valence-corrected chi connectivity index (χ4v) is 3.55. The zero-order valence-corrected chi connectivity index (χ0v) is 12.9. The van der Waals surface area contributed by atoms with Crippen molar-refractivity contribution < 1.29 is 27.9 Å². The highest BCUT2D eigenvalue weighted by Gasteiger charge is 2.38. The van der Waals surface area contributed by atoms with Crippen LogP contribution in [-0.4, -0.2) is 47.3 Å². The summed E-state index contributed by atoms with van der Waals surface area (Å²) >= 11 is 0. The number of carboxylic acid groups (broad SMARTS) is 1. The van der Waals surface area contributed by atoms with E-state index in [1.165, 1.54) is 4.90 Å². The van der Waals surface area contributed by atoms with Crippen LogP contribution in [0.5, 0.6) is 0 Å². The number of aliphatic carboxylic acids is 1. The number of likely N-dealkylation sites (tertiary alicyclic amines) is 1. The zero-order chi connectivity index (χ0) is 17.0. The van der Waals surface area contributed by atoms with Gasteiger partial charge in [-0.1, -0.05) is 12.8 Å². The van der Waals surface area contributed by atoms with Crippen molar-refractivity contribution in [1.82, 2.24) is 10.2 Å². The molecule has 5 nitrogen and oxygen atoms in total. The molecule has 1 heterocycles. The van der Waals surface area contributed by atoms with Crippen molar-refractivity contribution >= 4 is 12.0 Å². The van der Waals surface area contributed by atoms with Gasteiger partial charge in [0.25, 0.3) is 0 Å². The van der Waals surface area contributed by atoms with Gasteiger partial charge in [0, 0.05) is 25.6 Å². The Morgan fingerprint density at radius 1 is 1.13 bits per heavy atom. The number of halogens is 3. The summed E-state index contributed by atoms with van der Waals surface area (Å²) in [6.45, 7) is 0.574. The lowest BCUT2D eigenvalue weighted by Gasteiger charge is -2.36. The molecule has 0 aromatic rings. The van der Waals surface area contributed by atoms with E-state index in [9.17, 15) is 22.8 Å². The second-order valence-electron chi connectivity index (χ2n) is 6.54. The lowest BCUT2D eigenvalue weighted by Crippen LogP contribution is -2.52. The second-order valence-corrected chi connectivity index (χ2v) is 6.54. The molecule has 0 aromatic heterocycles. The lowest BCUT2D eigenvalue weighted by molar-refractivity contribution is -0.148. The first-order valence-corrected chi connectivity index (χ1v) is 8.11. The predicted molar refractivity (Wildman–Crippen MR) is 76.9 cm³/mol. The van der Waals surface area contributed by atoms with E-state index in [1.807, 2.05) is 0 Å². The summed E-state index contributed by atoms with van der Waals surface area (Å²) in [5.74, 6) is -2.12. The van der Waals surface area contributed by atoms with Gasteiger partial charge in [0.15, 0.2) is 0 Å². The molecule has 1 aliphatic carbocycles. The number of rotatable bonds is 3. The molecule has 3 atom stereocenters. The molecule has 2 rings (SSSR count). The molecule has 0 bridgehead atoms. The van der Waals surface area contributed by atoms with Crippen LogP contribution in [0.4, 0.5) is 18.0 Å². The number of hydrogen-bond acceptors (Lipinski definition) is 2. The predicted octanol–water partition coefficient (Wildman–Crippen LogP) is 3.00. The van der Waals surface area contributed by atoms with E-state index in [0.29, 0.717) is 32.2 Å². The minimum Gasteiger partial charge on any atom is -0.481 e. The van der Waals surface area contributed by atoms with Gasteiger partial charge >= 0.3 is 18.2 Å². The third kappa shape index (κ3) is 5.28. The average Bonchev–Trinajstić information content (AvgIpc) is 2.48. The largest absolute Gasteiger partial charge is 0.481 e. The topological polar surface area (TPSA) is 69.6 Å². The van der Waals surface area contributed by atoms with Crippen molar-refractivity contribution in [3.05, 3.63) is 0 Å². The Labute approximate surface area is 133 Å². The summed E-state index contributed by atoms with van der Waals surface area (Å²) < 4.78 is 38.0. The van der Waals surface area contributed by atoms with E-state index in [4.69, 9.17) is 5.11 Å². The molecule has 1 aliphatic heterocycles. The molecule has 2 aliphatic rings. The molecule has 132 valence electrons. The number of urea groups is 1. The van der Waals surface area contributed by atoms with Crippen molar-refractivity contribution in [2.45, 2.75) is 57.2 Å². The minimum absolute atomic E-state index is 0.123. The molecule has 2 amide bonds. The number of carbonyl (C=O) groups is 2. The number of hydrogen-bond donors (Lipinski definition) is 2. The number of carboxylic acids is 1. The van der Waals surface area contributed by atoms with E-state index in [-0.39, 0.29) is 6.54 Å². The van der Waals surface area contributed by atoms with Crippen LogP contribution in [0.1, 0.15) is 44.9 Å². The summed E-state index contributed by atoms with van der Waals surface area (Å²) in [5, 5.41) is 11.8. The first-order chi connectivity index (χ1) is 10.8. The van der Waals surface area contributed by atoms with Crippen LogP contribution < -0.4 is 5.32 Å². The van der Waals surface area contributed by atoms with Crippen molar-refractivity contribution in [1.29, 1.82) is 0 Å². The molecule has 2 fully saturated rings.